The van der Waals surface area contributed by atoms with E-state index in [1.165, 1.54) is 19.1 Å². The zero-order valence-electron chi connectivity index (χ0n) is 20.9. The molecule has 1 aromatic carbocycles. The third-order valence-electron chi connectivity index (χ3n) is 7.22. The van der Waals surface area contributed by atoms with Gasteiger partial charge in [-0.3, -0.25) is 9.78 Å². The van der Waals surface area contributed by atoms with Crippen molar-refractivity contribution in [3.63, 3.8) is 0 Å². The van der Waals surface area contributed by atoms with Gasteiger partial charge in [-0.25, -0.2) is 9.37 Å². The van der Waals surface area contributed by atoms with Gasteiger partial charge in [0.05, 0.1) is 40.5 Å². The van der Waals surface area contributed by atoms with Gasteiger partial charge < -0.3 is 26.6 Å². The summed E-state index contributed by atoms with van der Waals surface area (Å²) >= 11 is 3.57. The highest BCUT2D eigenvalue weighted by molar-refractivity contribution is 9.10. The van der Waals surface area contributed by atoms with E-state index in [-0.39, 0.29) is 29.8 Å². The molecule has 4 aromatic rings. The molecule has 1 atom stereocenters. The number of carbonyl (C=O) groups is 1. The summed E-state index contributed by atoms with van der Waals surface area (Å²) in [5.74, 6) is -0.296. The number of benzene rings is 1. The lowest BCUT2D eigenvalue weighted by molar-refractivity contribution is -0.136. The number of anilines is 1. The van der Waals surface area contributed by atoms with Crippen LogP contribution in [0.2, 0.25) is 0 Å². The molecule has 1 aliphatic carbocycles. The molecule has 1 fully saturated rings. The number of nitrogens with one attached hydrogen (secondary N) is 2. The molecule has 12 heteroatoms. The molecule has 3 heterocycles. The van der Waals surface area contributed by atoms with Crippen LogP contribution in [-0.2, 0) is 4.79 Å². The Morgan fingerprint density at radius 3 is 2.71 bits per heavy atom. The summed E-state index contributed by atoms with van der Waals surface area (Å²) in [6.07, 6.45) is 4.78. The molecule has 200 valence electrons. The lowest BCUT2D eigenvalue weighted by Crippen LogP contribution is -2.56. The summed E-state index contributed by atoms with van der Waals surface area (Å²) in [4.78, 5) is 21.7. The maximum absolute atomic E-state index is 13.8. The van der Waals surface area contributed by atoms with Gasteiger partial charge in [0.15, 0.2) is 5.65 Å². The maximum atomic E-state index is 13.8. The highest BCUT2D eigenvalue weighted by Gasteiger charge is 2.37. The summed E-state index contributed by atoms with van der Waals surface area (Å²) < 4.78 is 16.0. The summed E-state index contributed by atoms with van der Waals surface area (Å²) in [6, 6.07) is 6.23. The molecule has 6 N–H and O–H groups in total. The molecule has 1 amide bonds. The van der Waals surface area contributed by atoms with Crippen LogP contribution in [0, 0.1) is 11.2 Å². The number of amides is 1. The Hall–Kier alpha value is -3.19. The van der Waals surface area contributed by atoms with E-state index in [0.29, 0.717) is 45.4 Å². The van der Waals surface area contributed by atoms with Gasteiger partial charge in [-0.2, -0.15) is 9.61 Å². The molecule has 3 aromatic heterocycles. The molecule has 1 saturated carbocycles. The fourth-order valence-electron chi connectivity index (χ4n) is 4.61. The molecule has 0 aliphatic heterocycles. The average Bonchev–Trinajstić information content (AvgIpc) is 3.32. The van der Waals surface area contributed by atoms with Crippen LogP contribution in [0.3, 0.4) is 0 Å². The van der Waals surface area contributed by atoms with Crippen LogP contribution < -0.4 is 16.4 Å². The molecule has 0 saturated heterocycles. The lowest BCUT2D eigenvalue weighted by Gasteiger charge is -2.39. The fraction of sp³-hybridized carbons (Fsp3) is 0.385. The Morgan fingerprint density at radius 1 is 1.26 bits per heavy atom. The van der Waals surface area contributed by atoms with E-state index >= 15 is 0 Å². The minimum atomic E-state index is -1.20. The van der Waals surface area contributed by atoms with Crippen molar-refractivity contribution in [1.82, 2.24) is 30.2 Å². The monoisotopic (exact) mass is 585 g/mol. The van der Waals surface area contributed by atoms with Gasteiger partial charge in [0.1, 0.15) is 11.6 Å². The summed E-state index contributed by atoms with van der Waals surface area (Å²) in [5.41, 5.74) is 8.62. The van der Waals surface area contributed by atoms with E-state index in [2.05, 4.69) is 36.6 Å². The molecule has 1 unspecified atom stereocenters. The third-order valence-corrected chi connectivity index (χ3v) is 8.03. The molecule has 0 radical (unpaired) electrons. The molecular formula is C26H29BrFN7O3. The first-order valence-electron chi connectivity index (χ1n) is 12.3. The number of hydrogen-bond acceptors (Lipinski definition) is 8. The van der Waals surface area contributed by atoms with Gasteiger partial charge in [0.25, 0.3) is 0 Å². The Labute approximate surface area is 226 Å². The standard InChI is InChI=1S/C26H29BrFN7O3/c1-13(32-17-7-18(8-17)33-25(38)26(2,11-36)12-37)22-21(27)23(29)35-24(34-22)19(10-31-35)15-5-14-6-16(28)3-4-20(14)30-9-15/h3-6,9-10,13,17-18,32,36-37H,7-8,11-12,29H2,1-2H3,(H,33,38). The van der Waals surface area contributed by atoms with E-state index in [0.717, 1.165) is 11.1 Å². The van der Waals surface area contributed by atoms with Crippen LogP contribution in [0.1, 0.15) is 38.4 Å². The number of nitrogen functional groups attached to an aromatic ring is 1. The molecular weight excluding hydrogens is 557 g/mol. The van der Waals surface area contributed by atoms with Gasteiger partial charge in [-0.15, -0.1) is 0 Å². The first-order chi connectivity index (χ1) is 18.1. The third kappa shape index (κ3) is 4.73. The van der Waals surface area contributed by atoms with Gasteiger partial charge in [0, 0.05) is 40.8 Å². The number of halogens is 2. The quantitative estimate of drug-likeness (QED) is 0.212. The molecule has 0 spiro atoms. The first-order valence-corrected chi connectivity index (χ1v) is 13.1. The number of fused-ring (bicyclic) bond motifs is 2. The smallest absolute Gasteiger partial charge is 0.230 e. The van der Waals surface area contributed by atoms with Crippen molar-refractivity contribution in [2.24, 2.45) is 5.41 Å². The van der Waals surface area contributed by atoms with Crippen molar-refractivity contribution in [2.75, 3.05) is 18.9 Å². The SMILES string of the molecule is CC(NC1CC(NC(=O)C(C)(CO)CO)C1)c1nc2c(-c3cnc4ccc(F)cc4c3)cnn2c(N)c1Br. The zero-order valence-corrected chi connectivity index (χ0v) is 22.5. The minimum Gasteiger partial charge on any atom is -0.395 e. The van der Waals surface area contributed by atoms with Crippen LogP contribution >= 0.6 is 15.9 Å². The predicted octanol–water partition coefficient (Wildman–Crippen LogP) is 2.72. The van der Waals surface area contributed by atoms with Crippen molar-refractivity contribution in [3.8, 4) is 11.1 Å². The lowest BCUT2D eigenvalue weighted by atomic mass is 9.84. The van der Waals surface area contributed by atoms with Crippen molar-refractivity contribution < 1.29 is 19.4 Å². The Kier molecular flexibility index (Phi) is 7.07. The predicted molar refractivity (Wildman–Crippen MR) is 145 cm³/mol. The van der Waals surface area contributed by atoms with Crippen molar-refractivity contribution in [1.29, 1.82) is 0 Å². The zero-order chi connectivity index (χ0) is 27.2. The number of aliphatic hydroxyl groups is 2. The minimum absolute atomic E-state index is 0.0414. The summed E-state index contributed by atoms with van der Waals surface area (Å²) in [6.45, 7) is 2.67. The number of aliphatic hydroxyl groups excluding tert-OH is 2. The number of carbonyl (C=O) groups excluding carboxylic acids is 1. The molecule has 10 nitrogen and oxygen atoms in total. The number of pyridine rings is 1. The highest BCUT2D eigenvalue weighted by Crippen LogP contribution is 2.34. The van der Waals surface area contributed by atoms with Crippen molar-refractivity contribution >= 4 is 44.2 Å². The number of hydrogen-bond donors (Lipinski definition) is 5. The maximum Gasteiger partial charge on any atom is 0.230 e. The second-order valence-corrected chi connectivity index (χ2v) is 10.9. The average molecular weight is 586 g/mol. The van der Waals surface area contributed by atoms with Crippen LogP contribution in [0.15, 0.2) is 41.1 Å². The van der Waals surface area contributed by atoms with E-state index in [9.17, 15) is 19.4 Å². The van der Waals surface area contributed by atoms with Gasteiger partial charge in [-0.05, 0) is 66.9 Å². The molecule has 38 heavy (non-hydrogen) atoms. The largest absolute Gasteiger partial charge is 0.395 e. The van der Waals surface area contributed by atoms with E-state index < -0.39 is 18.6 Å². The summed E-state index contributed by atoms with van der Waals surface area (Å²) in [5, 5.41) is 30.4. The second kappa shape index (κ2) is 10.2. The van der Waals surface area contributed by atoms with Crippen LogP contribution in [0.25, 0.3) is 27.7 Å². The van der Waals surface area contributed by atoms with E-state index in [1.54, 1.807) is 23.0 Å². The normalized spacial score (nSPS) is 18.5. The number of aromatic nitrogens is 4. The fourth-order valence-corrected chi connectivity index (χ4v) is 5.21. The Balaban J connectivity index is 1.35. The number of nitrogens with zero attached hydrogens (tertiary/aromatic N) is 4. The van der Waals surface area contributed by atoms with Gasteiger partial charge in [0.2, 0.25) is 5.91 Å². The second-order valence-electron chi connectivity index (χ2n) is 10.2. The van der Waals surface area contributed by atoms with Crippen LogP contribution in [-0.4, -0.2) is 61.0 Å². The molecule has 5 rings (SSSR count). The van der Waals surface area contributed by atoms with Crippen LogP contribution in [0.5, 0.6) is 0 Å². The Bertz CT molecular complexity index is 1520. The van der Waals surface area contributed by atoms with E-state index in [4.69, 9.17) is 10.7 Å². The van der Waals surface area contributed by atoms with E-state index in [1.807, 2.05) is 13.0 Å². The number of rotatable bonds is 8. The van der Waals surface area contributed by atoms with Gasteiger partial charge in [-0.1, -0.05) is 0 Å². The van der Waals surface area contributed by atoms with Crippen molar-refractivity contribution in [2.45, 2.75) is 44.8 Å². The number of nitrogens with two attached hydrogens (primary N) is 1. The van der Waals surface area contributed by atoms with Gasteiger partial charge >= 0.3 is 0 Å². The summed E-state index contributed by atoms with van der Waals surface area (Å²) in [7, 11) is 0. The highest BCUT2D eigenvalue weighted by atomic mass is 79.9. The van der Waals surface area contributed by atoms with Crippen molar-refractivity contribution in [3.05, 3.63) is 52.6 Å². The topological polar surface area (TPSA) is 151 Å². The molecule has 1 aliphatic rings. The first kappa shape index (κ1) is 26.4. The van der Waals surface area contributed by atoms with Crippen LogP contribution in [0.4, 0.5) is 10.2 Å². The molecule has 0 bridgehead atoms. The Morgan fingerprint density at radius 2 is 2.00 bits per heavy atom.